The molecule has 96 valence electrons. The number of carbonyl (C=O) groups is 1. The first-order valence-electron chi connectivity index (χ1n) is 6.10. The predicted octanol–water partition coefficient (Wildman–Crippen LogP) is 2.92. The van der Waals surface area contributed by atoms with Crippen LogP contribution in [0.3, 0.4) is 0 Å². The van der Waals surface area contributed by atoms with E-state index in [1.54, 1.807) is 0 Å². The molecule has 0 aliphatic heterocycles. The van der Waals surface area contributed by atoms with Gasteiger partial charge >= 0.3 is 5.97 Å². The Bertz CT molecular complexity index is 450. The molecule has 0 radical (unpaired) electrons. The van der Waals surface area contributed by atoms with Gasteiger partial charge in [-0.15, -0.1) is 0 Å². The van der Waals surface area contributed by atoms with Gasteiger partial charge in [0.1, 0.15) is 6.07 Å². The molecule has 1 rings (SSSR count). The van der Waals surface area contributed by atoms with Gasteiger partial charge < -0.3 is 10.4 Å². The average Bonchev–Trinajstić information content (AvgIpc) is 2.34. The molecule has 4 heteroatoms. The lowest BCUT2D eigenvalue weighted by atomic mass is 10.1. The van der Waals surface area contributed by atoms with E-state index in [-0.39, 0.29) is 6.42 Å². The molecule has 0 heterocycles. The van der Waals surface area contributed by atoms with Crippen molar-refractivity contribution in [1.82, 2.24) is 0 Å². The zero-order chi connectivity index (χ0) is 13.4. The quantitative estimate of drug-likeness (QED) is 0.725. The van der Waals surface area contributed by atoms with Gasteiger partial charge in [-0.25, -0.2) is 0 Å². The number of aliphatic carboxylic acids is 1. The molecule has 0 aliphatic rings. The lowest BCUT2D eigenvalue weighted by Crippen LogP contribution is -2.04. The van der Waals surface area contributed by atoms with Crippen molar-refractivity contribution in [2.45, 2.75) is 32.6 Å². The van der Waals surface area contributed by atoms with Gasteiger partial charge in [-0.2, -0.15) is 5.26 Å². The minimum atomic E-state index is -0.742. The highest BCUT2D eigenvalue weighted by Gasteiger charge is 2.01. The number of carboxylic acids is 1. The van der Waals surface area contributed by atoms with Gasteiger partial charge in [-0.1, -0.05) is 12.5 Å². The van der Waals surface area contributed by atoms with E-state index >= 15 is 0 Å². The van der Waals surface area contributed by atoms with Gasteiger partial charge in [0.2, 0.25) is 0 Å². The van der Waals surface area contributed by atoms with E-state index in [1.807, 2.05) is 25.1 Å². The zero-order valence-electron chi connectivity index (χ0n) is 10.6. The molecule has 0 spiro atoms. The van der Waals surface area contributed by atoms with Crippen molar-refractivity contribution in [1.29, 1.82) is 5.26 Å². The fourth-order valence-corrected chi connectivity index (χ4v) is 1.71. The van der Waals surface area contributed by atoms with Crippen LogP contribution >= 0.6 is 0 Å². The first-order chi connectivity index (χ1) is 8.63. The number of hydrogen-bond acceptors (Lipinski definition) is 3. The lowest BCUT2D eigenvalue weighted by molar-refractivity contribution is -0.137. The van der Waals surface area contributed by atoms with Crippen molar-refractivity contribution in [3.63, 3.8) is 0 Å². The largest absolute Gasteiger partial charge is 0.481 e. The van der Waals surface area contributed by atoms with Crippen LogP contribution in [0.4, 0.5) is 5.69 Å². The van der Waals surface area contributed by atoms with E-state index in [9.17, 15) is 4.79 Å². The van der Waals surface area contributed by atoms with Crippen molar-refractivity contribution in [2.75, 3.05) is 11.9 Å². The molecule has 0 bridgehead atoms. The van der Waals surface area contributed by atoms with Crippen LogP contribution in [-0.2, 0) is 4.79 Å². The summed E-state index contributed by atoms with van der Waals surface area (Å²) in [6.45, 7) is 2.72. The Kier molecular flexibility index (Phi) is 5.72. The number of anilines is 1. The minimum absolute atomic E-state index is 0.230. The fraction of sp³-hybridized carbons (Fsp3) is 0.429. The number of nitrogens with zero attached hydrogens (tertiary/aromatic N) is 1. The van der Waals surface area contributed by atoms with Gasteiger partial charge in [0.15, 0.2) is 0 Å². The Hall–Kier alpha value is -2.02. The highest BCUT2D eigenvalue weighted by atomic mass is 16.4. The Morgan fingerprint density at radius 1 is 1.39 bits per heavy atom. The molecule has 0 aromatic heterocycles. The molecule has 4 nitrogen and oxygen atoms in total. The molecule has 0 saturated heterocycles. The van der Waals surface area contributed by atoms with E-state index in [4.69, 9.17) is 10.4 Å². The van der Waals surface area contributed by atoms with Crippen LogP contribution < -0.4 is 5.32 Å². The third kappa shape index (κ3) is 4.88. The summed E-state index contributed by atoms with van der Waals surface area (Å²) in [4.78, 5) is 10.3. The standard InChI is InChI=1S/C14H18N2O2/c1-11-6-7-13(12(9-11)10-15)16-8-4-2-3-5-14(17)18/h6-7,9,16H,2-5,8H2,1H3,(H,17,18). The maximum atomic E-state index is 10.3. The highest BCUT2D eigenvalue weighted by Crippen LogP contribution is 2.16. The van der Waals surface area contributed by atoms with Gasteiger partial charge in [0.05, 0.1) is 11.3 Å². The van der Waals surface area contributed by atoms with Gasteiger partial charge in [0.25, 0.3) is 0 Å². The summed E-state index contributed by atoms with van der Waals surface area (Å²) in [5.41, 5.74) is 2.57. The molecule has 0 aliphatic carbocycles. The molecule has 18 heavy (non-hydrogen) atoms. The Balaban J connectivity index is 2.31. The van der Waals surface area contributed by atoms with E-state index in [0.29, 0.717) is 12.0 Å². The van der Waals surface area contributed by atoms with Gasteiger partial charge in [0, 0.05) is 13.0 Å². The van der Waals surface area contributed by atoms with Crippen LogP contribution in [0.1, 0.15) is 36.8 Å². The Morgan fingerprint density at radius 3 is 2.83 bits per heavy atom. The normalized spacial score (nSPS) is 9.78. The molecule has 1 aromatic rings. The van der Waals surface area contributed by atoms with Crippen molar-refractivity contribution >= 4 is 11.7 Å². The summed E-state index contributed by atoms with van der Waals surface area (Å²) in [7, 11) is 0. The number of unbranched alkanes of at least 4 members (excludes halogenated alkanes) is 2. The smallest absolute Gasteiger partial charge is 0.303 e. The molecule has 1 aromatic carbocycles. The van der Waals surface area contributed by atoms with E-state index in [1.165, 1.54) is 0 Å². The number of aryl methyl sites for hydroxylation is 1. The molecule has 0 amide bonds. The van der Waals surface area contributed by atoms with Crippen molar-refractivity contribution in [3.8, 4) is 6.07 Å². The van der Waals surface area contributed by atoms with Crippen LogP contribution in [-0.4, -0.2) is 17.6 Å². The van der Waals surface area contributed by atoms with Crippen molar-refractivity contribution in [2.24, 2.45) is 0 Å². The van der Waals surface area contributed by atoms with Crippen LogP contribution in [0.25, 0.3) is 0 Å². The zero-order valence-corrected chi connectivity index (χ0v) is 10.6. The summed E-state index contributed by atoms with van der Waals surface area (Å²) in [6, 6.07) is 7.89. The summed E-state index contributed by atoms with van der Waals surface area (Å²) >= 11 is 0. The van der Waals surface area contributed by atoms with Crippen LogP contribution in [0.15, 0.2) is 18.2 Å². The number of rotatable bonds is 7. The number of nitriles is 1. The second-order valence-electron chi connectivity index (χ2n) is 4.29. The van der Waals surface area contributed by atoms with Crippen LogP contribution in [0.2, 0.25) is 0 Å². The third-order valence-corrected chi connectivity index (χ3v) is 2.68. The van der Waals surface area contributed by atoms with Crippen LogP contribution in [0, 0.1) is 18.3 Å². The van der Waals surface area contributed by atoms with E-state index in [0.717, 1.165) is 30.6 Å². The second kappa shape index (κ2) is 7.33. The second-order valence-corrected chi connectivity index (χ2v) is 4.29. The first-order valence-corrected chi connectivity index (χ1v) is 6.10. The molecule has 0 unspecified atom stereocenters. The SMILES string of the molecule is Cc1ccc(NCCCCCC(=O)O)c(C#N)c1. The van der Waals surface area contributed by atoms with Gasteiger partial charge in [-0.3, -0.25) is 4.79 Å². The summed E-state index contributed by atoms with van der Waals surface area (Å²) in [5.74, 6) is -0.742. The van der Waals surface area contributed by atoms with E-state index < -0.39 is 5.97 Å². The highest BCUT2D eigenvalue weighted by molar-refractivity contribution is 5.66. The maximum absolute atomic E-state index is 10.3. The van der Waals surface area contributed by atoms with Gasteiger partial charge in [-0.05, 0) is 37.5 Å². The summed E-state index contributed by atoms with van der Waals surface area (Å²) < 4.78 is 0. The number of hydrogen-bond donors (Lipinski definition) is 2. The fourth-order valence-electron chi connectivity index (χ4n) is 1.71. The summed E-state index contributed by atoms with van der Waals surface area (Å²) in [5, 5.41) is 20.7. The number of carboxylic acid groups (broad SMARTS) is 1. The Morgan fingerprint density at radius 2 is 2.17 bits per heavy atom. The maximum Gasteiger partial charge on any atom is 0.303 e. The van der Waals surface area contributed by atoms with Crippen molar-refractivity contribution in [3.05, 3.63) is 29.3 Å². The lowest BCUT2D eigenvalue weighted by Gasteiger charge is -2.08. The number of nitrogens with one attached hydrogen (secondary N) is 1. The first kappa shape index (κ1) is 14.0. The molecule has 0 atom stereocenters. The monoisotopic (exact) mass is 246 g/mol. The van der Waals surface area contributed by atoms with E-state index in [2.05, 4.69) is 11.4 Å². The average molecular weight is 246 g/mol. The summed E-state index contributed by atoms with van der Waals surface area (Å²) in [6.07, 6.45) is 2.73. The molecule has 0 fully saturated rings. The molecular formula is C14H18N2O2. The molecular weight excluding hydrogens is 228 g/mol. The van der Waals surface area contributed by atoms with Crippen LogP contribution in [0.5, 0.6) is 0 Å². The third-order valence-electron chi connectivity index (χ3n) is 2.68. The molecule has 2 N–H and O–H groups in total. The minimum Gasteiger partial charge on any atom is -0.481 e. The topological polar surface area (TPSA) is 73.1 Å². The number of benzene rings is 1. The Labute approximate surface area is 107 Å². The molecule has 0 saturated carbocycles. The predicted molar refractivity (Wildman–Crippen MR) is 70.5 cm³/mol. The van der Waals surface area contributed by atoms with Crippen molar-refractivity contribution < 1.29 is 9.90 Å².